The van der Waals surface area contributed by atoms with Gasteiger partial charge in [0.05, 0.1) is 16.6 Å². The average Bonchev–Trinajstić information content (AvgIpc) is 3.16. The molecule has 0 unspecified atom stereocenters. The molecule has 154 valence electrons. The normalized spacial score (nSPS) is 13.8. The predicted molar refractivity (Wildman–Crippen MR) is 110 cm³/mol. The molecule has 2 amide bonds. The van der Waals surface area contributed by atoms with Gasteiger partial charge in [0.15, 0.2) is 0 Å². The molecule has 8 heteroatoms. The number of carbonyl (C=O) groups excluding carboxylic acids is 2. The Kier molecular flexibility index (Phi) is 5.56. The summed E-state index contributed by atoms with van der Waals surface area (Å²) in [5.74, 6) is -1.06. The van der Waals surface area contributed by atoms with Crippen molar-refractivity contribution in [1.29, 1.82) is 0 Å². The van der Waals surface area contributed by atoms with Crippen molar-refractivity contribution in [2.45, 2.75) is 19.3 Å². The molecule has 0 radical (unpaired) electrons. The van der Waals surface area contributed by atoms with Crippen molar-refractivity contribution in [1.82, 2.24) is 20.4 Å². The summed E-state index contributed by atoms with van der Waals surface area (Å²) in [7, 11) is 0. The van der Waals surface area contributed by atoms with E-state index in [1.54, 1.807) is 23.1 Å². The van der Waals surface area contributed by atoms with E-state index in [1.807, 2.05) is 12.1 Å². The minimum atomic E-state index is -0.618. The van der Waals surface area contributed by atoms with E-state index in [-0.39, 0.29) is 23.6 Å². The molecule has 1 aliphatic rings. The number of aromatic amines is 1. The summed E-state index contributed by atoms with van der Waals surface area (Å²) < 4.78 is 14.3. The van der Waals surface area contributed by atoms with E-state index in [4.69, 9.17) is 0 Å². The Morgan fingerprint density at radius 3 is 2.73 bits per heavy atom. The number of hydrogen-bond donors (Lipinski definition) is 2. The lowest BCUT2D eigenvalue weighted by molar-refractivity contribution is -0.127. The van der Waals surface area contributed by atoms with Gasteiger partial charge in [-0.2, -0.15) is 5.10 Å². The maximum absolute atomic E-state index is 14.3. The molecule has 2 N–H and O–H groups in total. The van der Waals surface area contributed by atoms with Crippen molar-refractivity contribution in [2.75, 3.05) is 19.6 Å². The quantitative estimate of drug-likeness (QED) is 0.652. The van der Waals surface area contributed by atoms with Crippen LogP contribution in [-0.2, 0) is 11.2 Å². The lowest BCUT2D eigenvalue weighted by atomic mass is 10.0. The molecule has 0 spiro atoms. The number of likely N-dealkylation sites (tertiary alicyclic amines) is 1. The summed E-state index contributed by atoms with van der Waals surface area (Å²) in [4.78, 5) is 37.7. The zero-order valence-electron chi connectivity index (χ0n) is 16.3. The molecule has 7 nitrogen and oxygen atoms in total. The van der Waals surface area contributed by atoms with Crippen LogP contribution in [0.15, 0.2) is 47.3 Å². The zero-order chi connectivity index (χ0) is 21.1. The van der Waals surface area contributed by atoms with Gasteiger partial charge in [0.1, 0.15) is 5.82 Å². The monoisotopic (exact) mass is 408 g/mol. The number of halogens is 1. The molecule has 4 rings (SSSR count). The maximum atomic E-state index is 14.3. The summed E-state index contributed by atoms with van der Waals surface area (Å²) in [5, 5.41) is 10.5. The lowest BCUT2D eigenvalue weighted by Gasteiger charge is -2.16. The first kappa shape index (κ1) is 19.8. The van der Waals surface area contributed by atoms with Crippen LogP contribution in [0.3, 0.4) is 0 Å². The van der Waals surface area contributed by atoms with E-state index in [0.717, 1.165) is 6.42 Å². The number of H-pyrrole nitrogens is 1. The van der Waals surface area contributed by atoms with E-state index in [0.29, 0.717) is 48.0 Å². The summed E-state index contributed by atoms with van der Waals surface area (Å²) in [6.07, 6.45) is 1.70. The van der Waals surface area contributed by atoms with E-state index >= 15 is 0 Å². The Hall–Kier alpha value is -3.55. The van der Waals surface area contributed by atoms with Crippen LogP contribution in [0.4, 0.5) is 4.39 Å². The highest BCUT2D eigenvalue weighted by molar-refractivity contribution is 5.94. The van der Waals surface area contributed by atoms with E-state index in [9.17, 15) is 18.8 Å². The van der Waals surface area contributed by atoms with Gasteiger partial charge in [-0.3, -0.25) is 14.4 Å². The highest BCUT2D eigenvalue weighted by atomic mass is 19.1. The van der Waals surface area contributed by atoms with Crippen LogP contribution >= 0.6 is 0 Å². The third kappa shape index (κ3) is 4.07. The van der Waals surface area contributed by atoms with Crippen molar-refractivity contribution in [3.05, 3.63) is 75.5 Å². The van der Waals surface area contributed by atoms with Crippen LogP contribution < -0.4 is 10.9 Å². The lowest BCUT2D eigenvalue weighted by Crippen LogP contribution is -2.35. The van der Waals surface area contributed by atoms with Gasteiger partial charge in [-0.15, -0.1) is 0 Å². The molecule has 2 heterocycles. The van der Waals surface area contributed by atoms with Crippen molar-refractivity contribution in [3.8, 4) is 0 Å². The molecule has 30 heavy (non-hydrogen) atoms. The highest BCUT2D eigenvalue weighted by Gasteiger charge is 2.20. The van der Waals surface area contributed by atoms with Crippen LogP contribution in [0.1, 0.15) is 34.5 Å². The minimum Gasteiger partial charge on any atom is -0.350 e. The second-order valence-corrected chi connectivity index (χ2v) is 7.28. The second-order valence-electron chi connectivity index (χ2n) is 7.28. The Morgan fingerprint density at radius 1 is 1.17 bits per heavy atom. The van der Waals surface area contributed by atoms with E-state index < -0.39 is 11.7 Å². The molecule has 1 saturated heterocycles. The van der Waals surface area contributed by atoms with Crippen LogP contribution in [0.2, 0.25) is 0 Å². The predicted octanol–water partition coefficient (Wildman–Crippen LogP) is 2.01. The SMILES string of the molecule is O=C(NCCN1CCCC1=O)c1cc(Cc2n[nH]c(=O)c3ccccc23)ccc1F. The van der Waals surface area contributed by atoms with Gasteiger partial charge < -0.3 is 10.2 Å². The minimum absolute atomic E-state index is 0.0611. The molecule has 1 fully saturated rings. The number of aromatic nitrogens is 2. The summed E-state index contributed by atoms with van der Waals surface area (Å²) >= 11 is 0. The molecule has 2 aromatic carbocycles. The van der Waals surface area contributed by atoms with Gasteiger partial charge in [-0.25, -0.2) is 9.49 Å². The fourth-order valence-corrected chi connectivity index (χ4v) is 3.70. The first-order chi connectivity index (χ1) is 14.5. The Bertz CT molecular complexity index is 1170. The summed E-state index contributed by atoms with van der Waals surface area (Å²) in [5.41, 5.74) is 0.996. The van der Waals surface area contributed by atoms with Gasteiger partial charge in [-0.05, 0) is 30.2 Å². The number of amides is 2. The number of carbonyl (C=O) groups is 2. The third-order valence-corrected chi connectivity index (χ3v) is 5.26. The van der Waals surface area contributed by atoms with Crippen LogP contribution in [0.25, 0.3) is 10.8 Å². The number of rotatable bonds is 6. The molecule has 0 bridgehead atoms. The average molecular weight is 408 g/mol. The molecule has 0 atom stereocenters. The third-order valence-electron chi connectivity index (χ3n) is 5.26. The Labute approximate surface area is 171 Å². The topological polar surface area (TPSA) is 95.2 Å². The Morgan fingerprint density at radius 2 is 1.97 bits per heavy atom. The second kappa shape index (κ2) is 8.44. The number of nitrogens with zero attached hydrogens (tertiary/aromatic N) is 2. The van der Waals surface area contributed by atoms with Crippen molar-refractivity contribution >= 4 is 22.6 Å². The standard InChI is InChI=1S/C22H21FN4O3/c23-18-8-7-14(13-19-15-4-1-2-5-16(15)22(30)26-25-19)12-17(18)21(29)24-9-11-27-10-3-6-20(27)28/h1-2,4-5,7-8,12H,3,6,9-11,13H2,(H,24,29)(H,26,30). The number of hydrogen-bond acceptors (Lipinski definition) is 4. The molecule has 0 saturated carbocycles. The van der Waals surface area contributed by atoms with Crippen molar-refractivity contribution in [3.63, 3.8) is 0 Å². The fourth-order valence-electron chi connectivity index (χ4n) is 3.70. The van der Waals surface area contributed by atoms with Gasteiger partial charge in [0, 0.05) is 37.9 Å². The van der Waals surface area contributed by atoms with Crippen molar-refractivity contribution in [2.24, 2.45) is 0 Å². The molecule has 3 aromatic rings. The first-order valence-corrected chi connectivity index (χ1v) is 9.83. The number of benzene rings is 2. The molecule has 1 aliphatic heterocycles. The van der Waals surface area contributed by atoms with Gasteiger partial charge in [0.2, 0.25) is 5.91 Å². The first-order valence-electron chi connectivity index (χ1n) is 9.83. The van der Waals surface area contributed by atoms with E-state index in [2.05, 4.69) is 15.5 Å². The fraction of sp³-hybridized carbons (Fsp3) is 0.273. The summed E-state index contributed by atoms with van der Waals surface area (Å²) in [6.45, 7) is 1.37. The maximum Gasteiger partial charge on any atom is 0.272 e. The smallest absolute Gasteiger partial charge is 0.272 e. The largest absolute Gasteiger partial charge is 0.350 e. The molecule has 1 aromatic heterocycles. The van der Waals surface area contributed by atoms with Crippen LogP contribution in [0, 0.1) is 5.82 Å². The Balaban J connectivity index is 1.49. The van der Waals surface area contributed by atoms with Gasteiger partial charge in [0.25, 0.3) is 11.5 Å². The van der Waals surface area contributed by atoms with Crippen LogP contribution in [0.5, 0.6) is 0 Å². The molecule has 0 aliphatic carbocycles. The zero-order valence-corrected chi connectivity index (χ0v) is 16.3. The molecular formula is C22H21FN4O3. The highest BCUT2D eigenvalue weighted by Crippen LogP contribution is 2.18. The number of fused-ring (bicyclic) bond motifs is 1. The molecular weight excluding hydrogens is 387 g/mol. The number of nitrogens with one attached hydrogen (secondary N) is 2. The van der Waals surface area contributed by atoms with Gasteiger partial charge in [-0.1, -0.05) is 24.3 Å². The van der Waals surface area contributed by atoms with Crippen LogP contribution in [-0.4, -0.2) is 46.5 Å². The van der Waals surface area contributed by atoms with E-state index in [1.165, 1.54) is 12.1 Å². The van der Waals surface area contributed by atoms with Crippen molar-refractivity contribution < 1.29 is 14.0 Å². The summed E-state index contributed by atoms with van der Waals surface area (Å²) in [6, 6.07) is 11.5. The van der Waals surface area contributed by atoms with Gasteiger partial charge >= 0.3 is 0 Å².